The summed E-state index contributed by atoms with van der Waals surface area (Å²) in [5, 5.41) is 0. The van der Waals surface area contributed by atoms with Crippen LogP contribution in [0.2, 0.25) is 20.5 Å². The Morgan fingerprint density at radius 2 is 1.58 bits per heavy atom. The van der Waals surface area contributed by atoms with Gasteiger partial charge in [-0.2, -0.15) is 20.5 Å². The fraction of sp³-hybridized carbons (Fsp3) is 0.300. The van der Waals surface area contributed by atoms with E-state index in [9.17, 15) is 4.79 Å². The highest BCUT2D eigenvalue weighted by Crippen LogP contribution is 2.10. The molecule has 1 rings (SSSR count). The van der Waals surface area contributed by atoms with Gasteiger partial charge >= 0.3 is 0 Å². The number of rotatable bonds is 2. The van der Waals surface area contributed by atoms with E-state index in [1.165, 1.54) is 0 Å². The number of hydrogen-bond acceptors (Lipinski definition) is 1. The molecule has 0 radical (unpaired) electrons. The van der Waals surface area contributed by atoms with Gasteiger partial charge in [-0.1, -0.05) is 30.3 Å². The average Bonchev–Trinajstić information content (AvgIpc) is 2.03. The van der Waals surface area contributed by atoms with Crippen molar-refractivity contribution in [3.63, 3.8) is 0 Å². The predicted molar refractivity (Wildman–Crippen MR) is 54.1 cm³/mol. The third-order valence-electron chi connectivity index (χ3n) is 1.84. The minimum absolute atomic E-state index is 0.260. The van der Waals surface area contributed by atoms with Crippen molar-refractivity contribution < 1.29 is 4.79 Å². The van der Waals surface area contributed by atoms with Gasteiger partial charge in [-0.05, 0) is 11.2 Å². The van der Waals surface area contributed by atoms with Crippen molar-refractivity contribution in [3.8, 4) is 0 Å². The zero-order chi connectivity index (χ0) is 9.19. The second-order valence-corrected chi connectivity index (χ2v) is 4.33. The second kappa shape index (κ2) is 3.14. The SMILES string of the molecule is C[B-](C)(C)C(=O)c1ccccc1. The zero-order valence-corrected chi connectivity index (χ0v) is 7.87. The summed E-state index contributed by atoms with van der Waals surface area (Å²) in [6, 6.07) is 9.46. The Labute approximate surface area is 73.7 Å². The molecule has 2 heteroatoms. The zero-order valence-electron chi connectivity index (χ0n) is 7.87. The molecule has 12 heavy (non-hydrogen) atoms. The molecule has 0 fully saturated rings. The maximum Gasteiger partial charge on any atom is 0.0669 e. The van der Waals surface area contributed by atoms with Gasteiger partial charge in [-0.15, -0.1) is 0 Å². The van der Waals surface area contributed by atoms with Crippen molar-refractivity contribution in [1.82, 2.24) is 0 Å². The molecule has 0 aliphatic rings. The van der Waals surface area contributed by atoms with Crippen molar-refractivity contribution in [2.75, 3.05) is 0 Å². The van der Waals surface area contributed by atoms with Crippen LogP contribution in [0.1, 0.15) is 10.4 Å². The first-order valence-electron chi connectivity index (χ1n) is 4.39. The van der Waals surface area contributed by atoms with E-state index in [0.717, 1.165) is 5.56 Å². The van der Waals surface area contributed by atoms with Crippen LogP contribution in [-0.4, -0.2) is 11.8 Å². The van der Waals surface area contributed by atoms with Gasteiger partial charge < -0.3 is 4.79 Å². The van der Waals surface area contributed by atoms with Crippen LogP contribution >= 0.6 is 0 Å². The Morgan fingerprint density at radius 3 is 2.00 bits per heavy atom. The Kier molecular flexibility index (Phi) is 2.36. The molecule has 0 saturated heterocycles. The lowest BCUT2D eigenvalue weighted by Gasteiger charge is -2.21. The summed E-state index contributed by atoms with van der Waals surface area (Å²) in [6.07, 6.45) is -0.890. The fourth-order valence-corrected chi connectivity index (χ4v) is 1.10. The minimum atomic E-state index is -0.890. The van der Waals surface area contributed by atoms with E-state index < -0.39 is 6.15 Å². The van der Waals surface area contributed by atoms with Crippen LogP contribution < -0.4 is 0 Å². The first kappa shape index (κ1) is 9.05. The number of carbonyl (C=O) groups is 1. The molecule has 0 amide bonds. The van der Waals surface area contributed by atoms with E-state index in [0.29, 0.717) is 0 Å². The third kappa shape index (κ3) is 1.97. The van der Waals surface area contributed by atoms with E-state index in [-0.39, 0.29) is 5.68 Å². The lowest BCUT2D eigenvalue weighted by atomic mass is 9.27. The molecule has 1 aromatic rings. The van der Waals surface area contributed by atoms with Crippen molar-refractivity contribution in [3.05, 3.63) is 35.9 Å². The van der Waals surface area contributed by atoms with E-state index in [1.807, 2.05) is 50.8 Å². The highest BCUT2D eigenvalue weighted by molar-refractivity contribution is 7.05. The van der Waals surface area contributed by atoms with Gasteiger partial charge in [0.05, 0.1) is 6.15 Å². The Bertz CT molecular complexity index is 272. The smallest absolute Gasteiger partial charge is 0.0669 e. The van der Waals surface area contributed by atoms with E-state index in [1.54, 1.807) is 0 Å². The summed E-state index contributed by atoms with van der Waals surface area (Å²) in [7, 11) is 0. The molecule has 0 bridgehead atoms. The second-order valence-electron chi connectivity index (χ2n) is 4.33. The molecule has 64 valence electrons. The van der Waals surface area contributed by atoms with Gasteiger partial charge in [0.2, 0.25) is 0 Å². The number of benzene rings is 1. The highest BCUT2D eigenvalue weighted by atomic mass is 16.1. The first-order chi connectivity index (χ1) is 5.52. The molecule has 0 N–H and O–H groups in total. The monoisotopic (exact) mass is 161 g/mol. The highest BCUT2D eigenvalue weighted by Gasteiger charge is 2.15. The summed E-state index contributed by atoms with van der Waals surface area (Å²) in [4.78, 5) is 11.7. The van der Waals surface area contributed by atoms with Crippen LogP contribution in [0.4, 0.5) is 0 Å². The van der Waals surface area contributed by atoms with E-state index in [4.69, 9.17) is 0 Å². The molecular formula is C10H14BO-. The van der Waals surface area contributed by atoms with Gasteiger partial charge in [-0.25, -0.2) is 0 Å². The van der Waals surface area contributed by atoms with E-state index in [2.05, 4.69) is 0 Å². The molecule has 0 heterocycles. The van der Waals surface area contributed by atoms with Crippen molar-refractivity contribution in [2.24, 2.45) is 0 Å². The lowest BCUT2D eigenvalue weighted by molar-refractivity contribution is 0.106. The normalized spacial score (nSPS) is 11.2. The number of hydrogen-bond donors (Lipinski definition) is 0. The van der Waals surface area contributed by atoms with Gasteiger partial charge in [-0.3, -0.25) is 0 Å². The van der Waals surface area contributed by atoms with Crippen LogP contribution in [0.15, 0.2) is 30.3 Å². The fourth-order valence-electron chi connectivity index (χ4n) is 1.10. The summed E-state index contributed by atoms with van der Waals surface area (Å²) >= 11 is 0. The predicted octanol–water partition coefficient (Wildman–Crippen LogP) is 2.75. The van der Waals surface area contributed by atoms with Gasteiger partial charge in [0.15, 0.2) is 0 Å². The summed E-state index contributed by atoms with van der Waals surface area (Å²) in [5.74, 6) is 0. The van der Waals surface area contributed by atoms with Gasteiger partial charge in [0, 0.05) is 0 Å². The molecule has 0 atom stereocenters. The summed E-state index contributed by atoms with van der Waals surface area (Å²) in [5.41, 5.74) is 1.08. The molecule has 0 saturated carbocycles. The van der Waals surface area contributed by atoms with E-state index >= 15 is 0 Å². The molecule has 1 aromatic carbocycles. The van der Waals surface area contributed by atoms with Gasteiger partial charge in [0.25, 0.3) is 0 Å². The van der Waals surface area contributed by atoms with Crippen molar-refractivity contribution >= 4 is 11.8 Å². The van der Waals surface area contributed by atoms with Crippen molar-refractivity contribution in [1.29, 1.82) is 0 Å². The molecule has 0 aliphatic heterocycles. The topological polar surface area (TPSA) is 17.1 Å². The van der Waals surface area contributed by atoms with Crippen LogP contribution in [0, 0.1) is 0 Å². The quantitative estimate of drug-likeness (QED) is 0.609. The number of carbonyl (C=O) groups excluding carboxylic acids is 1. The van der Waals surface area contributed by atoms with Crippen LogP contribution in [0.25, 0.3) is 0 Å². The summed E-state index contributed by atoms with van der Waals surface area (Å²) < 4.78 is 0. The maximum absolute atomic E-state index is 11.7. The van der Waals surface area contributed by atoms with Crippen LogP contribution in [0.5, 0.6) is 0 Å². The largest absolute Gasteiger partial charge is 0.341 e. The lowest BCUT2D eigenvalue weighted by Crippen LogP contribution is -2.33. The minimum Gasteiger partial charge on any atom is -0.341 e. The molecule has 0 aromatic heterocycles. The third-order valence-corrected chi connectivity index (χ3v) is 1.84. The standard InChI is InChI=1S/C10H14BO/c1-11(2,3)10(12)9-7-5-4-6-8-9/h4-8H,1-3H3/q-1. The summed E-state index contributed by atoms with van der Waals surface area (Å²) in [6.45, 7) is 5.99. The molecule has 1 nitrogen and oxygen atoms in total. The van der Waals surface area contributed by atoms with Crippen LogP contribution in [-0.2, 0) is 0 Å². The molecule has 0 unspecified atom stereocenters. The van der Waals surface area contributed by atoms with Crippen LogP contribution in [0.3, 0.4) is 0 Å². The Hall–Kier alpha value is -1.05. The maximum atomic E-state index is 11.7. The first-order valence-corrected chi connectivity index (χ1v) is 4.39. The van der Waals surface area contributed by atoms with Crippen molar-refractivity contribution in [2.45, 2.75) is 20.5 Å². The molecule has 0 aliphatic carbocycles. The molecular weight excluding hydrogens is 147 g/mol. The molecule has 0 spiro atoms. The average molecular weight is 161 g/mol. The Balaban J connectivity index is 2.94. The van der Waals surface area contributed by atoms with Gasteiger partial charge in [0.1, 0.15) is 0 Å². The Morgan fingerprint density at radius 1 is 1.08 bits per heavy atom.